The molecule has 0 saturated carbocycles. The summed E-state index contributed by atoms with van der Waals surface area (Å²) >= 11 is 0. The Morgan fingerprint density at radius 1 is 0.815 bits per heavy atom. The Morgan fingerprint density at radius 3 is 1.81 bits per heavy atom. The van der Waals surface area contributed by atoms with Crippen LogP contribution < -0.4 is 29.6 Å². The summed E-state index contributed by atoms with van der Waals surface area (Å²) in [4.78, 5) is 0. The topological polar surface area (TPSA) is 66.4 Å². The van der Waals surface area contributed by atoms with Crippen LogP contribution in [0, 0.1) is 5.92 Å². The molecule has 1 unspecified atom stereocenters. The quantitative estimate of drug-likeness (QED) is 0.107. The van der Waals surface area contributed by atoms with Crippen molar-refractivity contribution in [3.63, 3.8) is 0 Å². The van der Waals surface area contributed by atoms with Crippen molar-refractivity contribution >= 4 is 10.4 Å². The molecule has 6 heteroatoms. The van der Waals surface area contributed by atoms with Gasteiger partial charge in [-0.2, -0.15) is 0 Å². The third-order valence-corrected chi connectivity index (χ3v) is 5.16. The minimum absolute atomic E-state index is 0. The predicted octanol–water partition coefficient (Wildman–Crippen LogP) is 3.53. The standard InChI is InChI=1S/C21H42O4S.Na/c1-3-5-7-9-10-11-12-13-15-17-19-21(20-25-26(22,23)24)18-16-14-8-6-4-2;/h16,18,21H,3-15,17,19-20H2,1-2H3,(H,22,23,24);/q;+1/p-1/b18-16+;. The van der Waals surface area contributed by atoms with Gasteiger partial charge in [0, 0.05) is 5.92 Å². The Kier molecular flexibility index (Phi) is 23.5. The second kappa shape index (κ2) is 21.3. The van der Waals surface area contributed by atoms with Gasteiger partial charge in [0.1, 0.15) is 0 Å². The van der Waals surface area contributed by atoms with Crippen LogP contribution in [0.5, 0.6) is 0 Å². The zero-order valence-electron chi connectivity index (χ0n) is 18.1. The second-order valence-corrected chi connectivity index (χ2v) is 8.40. The molecule has 4 nitrogen and oxygen atoms in total. The predicted molar refractivity (Wildman–Crippen MR) is 109 cm³/mol. The van der Waals surface area contributed by atoms with Gasteiger partial charge in [-0.05, 0) is 19.3 Å². The van der Waals surface area contributed by atoms with E-state index in [4.69, 9.17) is 0 Å². The molecule has 0 aliphatic rings. The van der Waals surface area contributed by atoms with Gasteiger partial charge in [-0.1, -0.05) is 103 Å². The van der Waals surface area contributed by atoms with Crippen LogP contribution in [0.25, 0.3) is 0 Å². The molecule has 0 fully saturated rings. The van der Waals surface area contributed by atoms with Crippen molar-refractivity contribution in [2.75, 3.05) is 6.61 Å². The minimum Gasteiger partial charge on any atom is -0.726 e. The summed E-state index contributed by atoms with van der Waals surface area (Å²) in [7, 11) is -4.59. The molecular weight excluding hydrogens is 371 g/mol. The average Bonchev–Trinajstić information content (AvgIpc) is 2.59. The molecule has 0 bridgehead atoms. The molecule has 0 amide bonds. The first kappa shape index (κ1) is 29.8. The molecule has 0 aliphatic heterocycles. The molecule has 0 N–H and O–H groups in total. The van der Waals surface area contributed by atoms with Crippen molar-refractivity contribution < 1.29 is 46.7 Å². The van der Waals surface area contributed by atoms with Gasteiger partial charge in [0.15, 0.2) is 0 Å². The number of hydrogen-bond acceptors (Lipinski definition) is 4. The summed E-state index contributed by atoms with van der Waals surface area (Å²) in [6.45, 7) is 4.39. The van der Waals surface area contributed by atoms with E-state index in [0.29, 0.717) is 0 Å². The second-order valence-electron chi connectivity index (χ2n) is 7.35. The Labute approximate surface area is 191 Å². The molecule has 0 heterocycles. The normalized spacial score (nSPS) is 13.0. The molecule has 0 spiro atoms. The molecule has 0 saturated heterocycles. The van der Waals surface area contributed by atoms with Gasteiger partial charge in [0.05, 0.1) is 6.61 Å². The van der Waals surface area contributed by atoms with Crippen molar-refractivity contribution in [3.05, 3.63) is 12.2 Å². The maximum Gasteiger partial charge on any atom is 1.00 e. The van der Waals surface area contributed by atoms with Crippen LogP contribution in [-0.4, -0.2) is 19.6 Å². The number of allylic oxidation sites excluding steroid dienone is 1. The van der Waals surface area contributed by atoms with Crippen LogP contribution >= 0.6 is 0 Å². The van der Waals surface area contributed by atoms with E-state index in [0.717, 1.165) is 25.7 Å². The summed E-state index contributed by atoms with van der Waals surface area (Å²) in [6, 6.07) is 0. The minimum atomic E-state index is -4.59. The fourth-order valence-electron chi connectivity index (χ4n) is 3.10. The zero-order chi connectivity index (χ0) is 19.5. The molecule has 0 aromatic rings. The first-order valence-electron chi connectivity index (χ1n) is 10.8. The molecular formula is C21H41NaO4S. The summed E-state index contributed by atoms with van der Waals surface area (Å²) in [6.07, 6.45) is 22.4. The van der Waals surface area contributed by atoms with Gasteiger partial charge >= 0.3 is 29.6 Å². The zero-order valence-corrected chi connectivity index (χ0v) is 20.9. The van der Waals surface area contributed by atoms with Crippen molar-refractivity contribution in [1.82, 2.24) is 0 Å². The fourth-order valence-corrected chi connectivity index (χ4v) is 3.44. The van der Waals surface area contributed by atoms with Gasteiger partial charge in [-0.15, -0.1) is 0 Å². The van der Waals surface area contributed by atoms with Crippen LogP contribution in [0.3, 0.4) is 0 Å². The van der Waals surface area contributed by atoms with E-state index < -0.39 is 10.4 Å². The maximum absolute atomic E-state index is 10.7. The third-order valence-electron chi connectivity index (χ3n) is 4.74. The van der Waals surface area contributed by atoms with Gasteiger partial charge in [0.2, 0.25) is 10.4 Å². The molecule has 1 atom stereocenters. The van der Waals surface area contributed by atoms with Crippen molar-refractivity contribution in [3.8, 4) is 0 Å². The van der Waals surface area contributed by atoms with E-state index in [1.165, 1.54) is 70.6 Å². The van der Waals surface area contributed by atoms with E-state index >= 15 is 0 Å². The Morgan fingerprint density at radius 2 is 1.30 bits per heavy atom. The largest absolute Gasteiger partial charge is 1.00 e. The summed E-state index contributed by atoms with van der Waals surface area (Å²) in [5.41, 5.74) is 0. The molecule has 27 heavy (non-hydrogen) atoms. The van der Waals surface area contributed by atoms with E-state index in [9.17, 15) is 13.0 Å². The molecule has 0 aliphatic carbocycles. The summed E-state index contributed by atoms with van der Waals surface area (Å²) < 4.78 is 36.6. The first-order chi connectivity index (χ1) is 12.5. The van der Waals surface area contributed by atoms with Gasteiger partial charge in [-0.25, -0.2) is 8.42 Å². The van der Waals surface area contributed by atoms with Crippen LogP contribution in [0.4, 0.5) is 0 Å². The van der Waals surface area contributed by atoms with Crippen molar-refractivity contribution in [2.45, 2.75) is 110 Å². The number of hydrogen-bond donors (Lipinski definition) is 0. The van der Waals surface area contributed by atoms with E-state index in [-0.39, 0.29) is 42.1 Å². The summed E-state index contributed by atoms with van der Waals surface area (Å²) in [5, 5.41) is 0. The molecule has 0 rings (SSSR count). The van der Waals surface area contributed by atoms with Crippen LogP contribution in [0.1, 0.15) is 110 Å². The van der Waals surface area contributed by atoms with Crippen molar-refractivity contribution in [2.24, 2.45) is 5.92 Å². The van der Waals surface area contributed by atoms with Gasteiger partial charge < -0.3 is 4.55 Å². The monoisotopic (exact) mass is 412 g/mol. The summed E-state index contributed by atoms with van der Waals surface area (Å²) in [5.74, 6) is 0.0226. The van der Waals surface area contributed by atoms with Crippen molar-refractivity contribution in [1.29, 1.82) is 0 Å². The Bertz CT molecular complexity index is 424. The first-order valence-corrected chi connectivity index (χ1v) is 12.1. The van der Waals surface area contributed by atoms with E-state index in [1.807, 2.05) is 6.08 Å². The Balaban J connectivity index is 0. The van der Waals surface area contributed by atoms with E-state index in [2.05, 4.69) is 24.1 Å². The van der Waals surface area contributed by atoms with Crippen LogP contribution in [0.2, 0.25) is 0 Å². The van der Waals surface area contributed by atoms with Crippen LogP contribution in [0.15, 0.2) is 12.2 Å². The maximum atomic E-state index is 10.7. The molecule has 0 aromatic heterocycles. The SMILES string of the molecule is CCCCC/C=C/C(CCCCCCCCCCCC)COS(=O)(=O)[O-].[Na+]. The molecule has 0 aromatic carbocycles. The molecule has 0 radical (unpaired) electrons. The fraction of sp³-hybridized carbons (Fsp3) is 0.905. The third kappa shape index (κ3) is 24.6. The van der Waals surface area contributed by atoms with Gasteiger partial charge in [0.25, 0.3) is 0 Å². The van der Waals surface area contributed by atoms with E-state index in [1.54, 1.807) is 0 Å². The number of rotatable bonds is 19. The average molecular weight is 413 g/mol. The molecule has 156 valence electrons. The smallest absolute Gasteiger partial charge is 0.726 e. The number of unbranched alkanes of at least 4 members (excludes halogenated alkanes) is 12. The van der Waals surface area contributed by atoms with Gasteiger partial charge in [-0.3, -0.25) is 4.18 Å². The Hall–Kier alpha value is 0.610. The van der Waals surface area contributed by atoms with Crippen LogP contribution in [-0.2, 0) is 14.6 Å².